The summed E-state index contributed by atoms with van der Waals surface area (Å²) in [7, 11) is 0. The molecule has 1 unspecified atom stereocenters. The molecule has 41 heavy (non-hydrogen) atoms. The van der Waals surface area contributed by atoms with Gasteiger partial charge in [-0.15, -0.1) is 26.0 Å². The highest BCUT2D eigenvalue weighted by Gasteiger charge is 2.22. The molecular formula is C41H82. The normalized spacial score (nSPS) is 9.32. The average Bonchev–Trinajstić information content (AvgIpc) is 2.98. The Morgan fingerprint density at radius 3 is 1.27 bits per heavy atom. The third-order valence-electron chi connectivity index (χ3n) is 5.49. The summed E-state index contributed by atoms with van der Waals surface area (Å²) in [5.74, 6) is 0.635. The quantitative estimate of drug-likeness (QED) is 0.132. The second kappa shape index (κ2) is 51.0. The molecule has 0 fully saturated rings. The molecule has 0 N–H and O–H groups in total. The zero-order valence-electron chi connectivity index (χ0n) is 31.8. The van der Waals surface area contributed by atoms with E-state index in [-0.39, 0.29) is 5.41 Å². The number of rotatable bonds is 12. The van der Waals surface area contributed by atoms with E-state index >= 15 is 0 Å². The van der Waals surface area contributed by atoms with Crippen LogP contribution in [0.5, 0.6) is 0 Å². The van der Waals surface area contributed by atoms with Crippen molar-refractivity contribution in [3.05, 3.63) is 60.2 Å². The largest absolute Gasteiger partial charge is 0.124 e. The lowest BCUT2D eigenvalue weighted by Crippen LogP contribution is -2.20. The highest BCUT2D eigenvalue weighted by Crippen LogP contribution is 2.31. The minimum Gasteiger partial charge on any atom is -0.124 e. The summed E-state index contributed by atoms with van der Waals surface area (Å²) in [4.78, 5) is 0. The fourth-order valence-electron chi connectivity index (χ4n) is 3.94. The van der Waals surface area contributed by atoms with Gasteiger partial charge < -0.3 is 0 Å². The molecular weight excluding hydrogens is 492 g/mol. The molecule has 0 aliphatic carbocycles. The van der Waals surface area contributed by atoms with Crippen LogP contribution in [0.1, 0.15) is 186 Å². The molecule has 0 saturated heterocycles. The van der Waals surface area contributed by atoms with Crippen LogP contribution in [-0.2, 0) is 5.41 Å². The molecule has 0 bridgehead atoms. The molecule has 1 aromatic carbocycles. The van der Waals surface area contributed by atoms with Gasteiger partial charge >= 0.3 is 0 Å². The van der Waals surface area contributed by atoms with E-state index in [1.54, 1.807) is 0 Å². The second-order valence-corrected chi connectivity index (χ2v) is 10.4. The lowest BCUT2D eigenvalue weighted by molar-refractivity contribution is 0.422. The lowest BCUT2D eigenvalue weighted by atomic mass is 9.77. The third-order valence-corrected chi connectivity index (χ3v) is 5.49. The minimum absolute atomic E-state index is 0.249. The van der Waals surface area contributed by atoms with E-state index < -0.39 is 0 Å². The predicted molar refractivity (Wildman–Crippen MR) is 201 cm³/mol. The Kier molecular flexibility index (Phi) is 68.7. The molecule has 0 aromatic heterocycles. The third kappa shape index (κ3) is 51.5. The Morgan fingerprint density at radius 1 is 0.707 bits per heavy atom. The van der Waals surface area contributed by atoms with Crippen molar-refractivity contribution in [2.24, 2.45) is 5.92 Å². The first-order chi connectivity index (χ1) is 19.6. The van der Waals surface area contributed by atoms with Crippen LogP contribution in [0.3, 0.4) is 0 Å². The van der Waals surface area contributed by atoms with Gasteiger partial charge in [0.15, 0.2) is 0 Å². The van der Waals surface area contributed by atoms with Crippen molar-refractivity contribution in [1.29, 1.82) is 0 Å². The maximum absolute atomic E-state index is 4.00. The summed E-state index contributed by atoms with van der Waals surface area (Å²) in [5, 5.41) is 0. The van der Waals surface area contributed by atoms with Crippen molar-refractivity contribution in [2.75, 3.05) is 0 Å². The van der Waals surface area contributed by atoms with Gasteiger partial charge in [0, 0.05) is 0 Å². The molecule has 1 aromatic rings. The van der Waals surface area contributed by atoms with Crippen molar-refractivity contribution >= 4 is 0 Å². The van der Waals surface area contributed by atoms with Gasteiger partial charge in [0.2, 0.25) is 0 Å². The van der Waals surface area contributed by atoms with E-state index in [0.717, 1.165) is 0 Å². The van der Waals surface area contributed by atoms with E-state index in [4.69, 9.17) is 0 Å². The average molecular weight is 575 g/mol. The number of terminal acetylenes is 1. The molecule has 0 heterocycles. The Bertz CT molecular complexity index is 558. The predicted octanol–water partition coefficient (Wildman–Crippen LogP) is 15.3. The summed E-state index contributed by atoms with van der Waals surface area (Å²) >= 11 is 0. The summed E-state index contributed by atoms with van der Waals surface area (Å²) in [6, 6.07) is 8.96. The van der Waals surface area contributed by atoms with Crippen LogP contribution in [0.4, 0.5) is 0 Å². The molecule has 1 atom stereocenters. The van der Waals surface area contributed by atoms with Gasteiger partial charge in [-0.3, -0.25) is 0 Å². The van der Waals surface area contributed by atoms with Gasteiger partial charge in [-0.2, -0.15) is 0 Å². The Balaban J connectivity index is -0.0000000831. The number of unbranched alkanes of at least 4 members (excludes halogenated alkanes) is 8. The molecule has 0 radical (unpaired) electrons. The molecule has 246 valence electrons. The fraction of sp³-hybridized carbons (Fsp3) is 0.707. The van der Waals surface area contributed by atoms with E-state index in [0.29, 0.717) is 5.92 Å². The van der Waals surface area contributed by atoms with Crippen molar-refractivity contribution in [3.8, 4) is 12.8 Å². The number of benzene rings is 1. The van der Waals surface area contributed by atoms with Crippen molar-refractivity contribution in [1.82, 2.24) is 0 Å². The zero-order valence-corrected chi connectivity index (χ0v) is 31.8. The van der Waals surface area contributed by atoms with Crippen molar-refractivity contribution in [2.45, 2.75) is 187 Å². The van der Waals surface area contributed by atoms with Crippen LogP contribution in [0.2, 0.25) is 0 Å². The molecule has 0 heteroatoms. The highest BCUT2D eigenvalue weighted by atomic mass is 14.3. The number of hydrogen-bond acceptors (Lipinski definition) is 0. The Hall–Kier alpha value is -1.74. The van der Waals surface area contributed by atoms with Crippen LogP contribution in [-0.4, -0.2) is 0 Å². The first-order valence-corrected chi connectivity index (χ1v) is 17.2. The maximum atomic E-state index is 4.00. The molecule has 0 spiro atoms. The fourth-order valence-corrected chi connectivity index (χ4v) is 3.94. The SMILES string of the molecule is C#C.C=C.CC.CC.CC.CC(C)=CC(C)CC(C)(C)c1ccc(C)cc1.CCC.CCCCCCCCCCC. The highest BCUT2D eigenvalue weighted by molar-refractivity contribution is 5.27. The minimum atomic E-state index is 0.249. The smallest absolute Gasteiger partial charge is 0.00981 e. The van der Waals surface area contributed by atoms with Crippen molar-refractivity contribution < 1.29 is 0 Å². The van der Waals surface area contributed by atoms with Gasteiger partial charge in [-0.25, -0.2) is 0 Å². The van der Waals surface area contributed by atoms with E-state index in [1.807, 2.05) is 41.5 Å². The molecule has 0 amide bonds. The Labute approximate surface area is 265 Å². The number of aryl methyl sites for hydroxylation is 1. The maximum Gasteiger partial charge on any atom is -0.00981 e. The molecule has 0 nitrogen and oxygen atoms in total. The first kappa shape index (κ1) is 55.2. The summed E-state index contributed by atoms with van der Waals surface area (Å²) in [6.45, 7) is 40.3. The Morgan fingerprint density at radius 2 is 1.00 bits per heavy atom. The van der Waals surface area contributed by atoms with E-state index in [1.165, 1.54) is 87.3 Å². The van der Waals surface area contributed by atoms with Crippen LogP contribution in [0.25, 0.3) is 0 Å². The number of allylic oxidation sites excluding steroid dienone is 2. The standard InChI is InChI=1S/C17H26.C11H24.C3H8.3C2H6.C2H4.C2H2/c1-13(2)11-15(4)12-17(5,6)16-9-7-14(3)8-10-16;1-3-5-7-9-11-10-8-6-4-2;1-3-2;5*1-2/h7-11,15H,12H2,1-6H3;3-11H2,1-2H3;3H2,1-2H3;3*1-2H3;1-2H2;1-2H. The molecule has 0 aliphatic heterocycles. The van der Waals surface area contributed by atoms with Gasteiger partial charge in [0.05, 0.1) is 0 Å². The van der Waals surface area contributed by atoms with Crippen LogP contribution < -0.4 is 0 Å². The summed E-state index contributed by atoms with van der Waals surface area (Å²) in [6.07, 6.45) is 25.8. The molecule has 0 aliphatic rings. The monoisotopic (exact) mass is 575 g/mol. The van der Waals surface area contributed by atoms with Crippen LogP contribution in [0.15, 0.2) is 49.1 Å². The van der Waals surface area contributed by atoms with Crippen molar-refractivity contribution in [3.63, 3.8) is 0 Å². The van der Waals surface area contributed by atoms with Gasteiger partial charge in [-0.1, -0.05) is 196 Å². The van der Waals surface area contributed by atoms with Gasteiger partial charge in [0.25, 0.3) is 0 Å². The van der Waals surface area contributed by atoms with Crippen LogP contribution >= 0.6 is 0 Å². The summed E-state index contributed by atoms with van der Waals surface area (Å²) in [5.41, 5.74) is 4.44. The summed E-state index contributed by atoms with van der Waals surface area (Å²) < 4.78 is 0. The molecule has 1 rings (SSSR count). The zero-order chi connectivity index (χ0) is 34.1. The van der Waals surface area contributed by atoms with Gasteiger partial charge in [-0.05, 0) is 44.1 Å². The van der Waals surface area contributed by atoms with E-state index in [9.17, 15) is 0 Å². The topological polar surface area (TPSA) is 0 Å². The second-order valence-electron chi connectivity index (χ2n) is 10.4. The van der Waals surface area contributed by atoms with Gasteiger partial charge in [0.1, 0.15) is 0 Å². The molecule has 0 saturated carbocycles. The van der Waals surface area contributed by atoms with Crippen LogP contribution in [0, 0.1) is 25.7 Å². The number of hydrogen-bond donors (Lipinski definition) is 0. The van der Waals surface area contributed by atoms with E-state index in [2.05, 4.69) is 126 Å². The lowest BCUT2D eigenvalue weighted by Gasteiger charge is -2.28. The first-order valence-electron chi connectivity index (χ1n) is 17.2.